The standard InChI is InChI=1S/C13H19ClN4O3/c14-7-2-1-3-8(4-7)21-13(9(15)5-11(17)19)10(16)6-12(18)20/h1-4,9-10,13H,5-6,15-16H2,(H2,17,19)(H2,18,20). The van der Waals surface area contributed by atoms with Gasteiger partial charge in [0.1, 0.15) is 11.9 Å². The normalized spacial score (nSPS) is 15.0. The van der Waals surface area contributed by atoms with E-state index in [9.17, 15) is 9.59 Å². The Hall–Kier alpha value is -1.83. The Morgan fingerprint density at radius 3 is 2.05 bits per heavy atom. The lowest BCUT2D eigenvalue weighted by Gasteiger charge is -2.29. The highest BCUT2D eigenvalue weighted by atomic mass is 35.5. The fraction of sp³-hybridized carbons (Fsp3) is 0.385. The molecule has 0 radical (unpaired) electrons. The number of hydrogen-bond acceptors (Lipinski definition) is 5. The van der Waals surface area contributed by atoms with Gasteiger partial charge in [0.25, 0.3) is 0 Å². The Morgan fingerprint density at radius 2 is 1.62 bits per heavy atom. The minimum absolute atomic E-state index is 0.127. The van der Waals surface area contributed by atoms with E-state index in [1.807, 2.05) is 0 Å². The van der Waals surface area contributed by atoms with Gasteiger partial charge in [-0.05, 0) is 18.2 Å². The van der Waals surface area contributed by atoms with Crippen molar-refractivity contribution in [1.82, 2.24) is 0 Å². The van der Waals surface area contributed by atoms with Crippen molar-refractivity contribution >= 4 is 23.4 Å². The monoisotopic (exact) mass is 314 g/mol. The van der Waals surface area contributed by atoms with Gasteiger partial charge in [-0.15, -0.1) is 0 Å². The Kier molecular flexibility index (Phi) is 6.41. The summed E-state index contributed by atoms with van der Waals surface area (Å²) < 4.78 is 5.67. The number of rotatable bonds is 8. The molecule has 0 aliphatic carbocycles. The molecule has 0 aliphatic heterocycles. The van der Waals surface area contributed by atoms with Crippen LogP contribution in [-0.4, -0.2) is 30.0 Å². The van der Waals surface area contributed by atoms with Gasteiger partial charge in [0.2, 0.25) is 11.8 Å². The number of ether oxygens (including phenoxy) is 1. The van der Waals surface area contributed by atoms with Crippen LogP contribution < -0.4 is 27.7 Å². The smallest absolute Gasteiger partial charge is 0.219 e. The van der Waals surface area contributed by atoms with Gasteiger partial charge in [-0.2, -0.15) is 0 Å². The summed E-state index contributed by atoms with van der Waals surface area (Å²) in [5.41, 5.74) is 22.0. The summed E-state index contributed by atoms with van der Waals surface area (Å²) in [5, 5.41) is 0.471. The largest absolute Gasteiger partial charge is 0.487 e. The van der Waals surface area contributed by atoms with E-state index < -0.39 is 30.0 Å². The third-order valence-electron chi connectivity index (χ3n) is 2.79. The summed E-state index contributed by atoms with van der Waals surface area (Å²) in [4.78, 5) is 22.0. The summed E-state index contributed by atoms with van der Waals surface area (Å²) >= 11 is 5.87. The van der Waals surface area contributed by atoms with E-state index in [0.29, 0.717) is 10.8 Å². The number of nitrogens with two attached hydrogens (primary N) is 4. The summed E-state index contributed by atoms with van der Waals surface area (Å²) in [6.45, 7) is 0. The lowest BCUT2D eigenvalue weighted by Crippen LogP contribution is -2.53. The van der Waals surface area contributed by atoms with Crippen LogP contribution in [0.25, 0.3) is 0 Å². The minimum Gasteiger partial charge on any atom is -0.487 e. The Balaban J connectivity index is 2.89. The van der Waals surface area contributed by atoms with Crippen molar-refractivity contribution in [1.29, 1.82) is 0 Å². The summed E-state index contributed by atoms with van der Waals surface area (Å²) in [5.74, 6) is -0.755. The molecule has 2 unspecified atom stereocenters. The lowest BCUT2D eigenvalue weighted by atomic mass is 9.98. The van der Waals surface area contributed by atoms with Crippen molar-refractivity contribution in [3.63, 3.8) is 0 Å². The average molecular weight is 315 g/mol. The van der Waals surface area contributed by atoms with Gasteiger partial charge in [-0.25, -0.2) is 0 Å². The molecule has 116 valence electrons. The first kappa shape index (κ1) is 17.2. The fourth-order valence-corrected chi connectivity index (χ4v) is 2.07. The maximum absolute atomic E-state index is 11.0. The van der Waals surface area contributed by atoms with Gasteiger partial charge in [0.05, 0.1) is 12.1 Å². The SMILES string of the molecule is NC(=O)CC(N)C(Oc1cccc(Cl)c1)C(N)CC(N)=O. The average Bonchev–Trinajstić information content (AvgIpc) is 2.34. The fourth-order valence-electron chi connectivity index (χ4n) is 1.89. The number of halogens is 1. The third kappa shape index (κ3) is 5.99. The molecule has 1 aromatic rings. The molecular weight excluding hydrogens is 296 g/mol. The molecule has 2 atom stereocenters. The molecule has 0 saturated carbocycles. The van der Waals surface area contributed by atoms with E-state index >= 15 is 0 Å². The van der Waals surface area contributed by atoms with Gasteiger partial charge in [0, 0.05) is 17.9 Å². The molecule has 0 heterocycles. The van der Waals surface area contributed by atoms with Crippen molar-refractivity contribution in [2.45, 2.75) is 31.0 Å². The molecule has 0 fully saturated rings. The number of benzene rings is 1. The molecule has 8 heteroatoms. The first-order valence-corrected chi connectivity index (χ1v) is 6.67. The van der Waals surface area contributed by atoms with Gasteiger partial charge >= 0.3 is 0 Å². The van der Waals surface area contributed by atoms with Crippen LogP contribution in [0.5, 0.6) is 5.75 Å². The molecule has 0 bridgehead atoms. The van der Waals surface area contributed by atoms with Crippen LogP contribution in [0, 0.1) is 0 Å². The minimum atomic E-state index is -0.802. The van der Waals surface area contributed by atoms with Crippen molar-refractivity contribution in [2.24, 2.45) is 22.9 Å². The Morgan fingerprint density at radius 1 is 1.10 bits per heavy atom. The second-order valence-electron chi connectivity index (χ2n) is 4.71. The third-order valence-corrected chi connectivity index (χ3v) is 3.02. The van der Waals surface area contributed by atoms with Crippen LogP contribution in [0.15, 0.2) is 24.3 Å². The van der Waals surface area contributed by atoms with Gasteiger partial charge < -0.3 is 27.7 Å². The van der Waals surface area contributed by atoms with Crippen LogP contribution in [0.2, 0.25) is 5.02 Å². The molecule has 21 heavy (non-hydrogen) atoms. The number of carbonyl (C=O) groups is 2. The molecule has 8 N–H and O–H groups in total. The first-order chi connectivity index (χ1) is 9.79. The molecule has 0 spiro atoms. The van der Waals surface area contributed by atoms with E-state index in [0.717, 1.165) is 0 Å². The van der Waals surface area contributed by atoms with Gasteiger partial charge in [0.15, 0.2) is 0 Å². The number of hydrogen-bond donors (Lipinski definition) is 4. The van der Waals surface area contributed by atoms with Crippen LogP contribution in [0.3, 0.4) is 0 Å². The molecule has 2 amide bonds. The second kappa shape index (κ2) is 7.82. The highest BCUT2D eigenvalue weighted by molar-refractivity contribution is 6.30. The van der Waals surface area contributed by atoms with E-state index in [4.69, 9.17) is 39.3 Å². The zero-order valence-corrected chi connectivity index (χ0v) is 12.1. The maximum atomic E-state index is 11.0. The highest BCUT2D eigenvalue weighted by Crippen LogP contribution is 2.20. The van der Waals surface area contributed by atoms with Crippen molar-refractivity contribution in [3.8, 4) is 5.75 Å². The lowest BCUT2D eigenvalue weighted by molar-refractivity contribution is -0.119. The van der Waals surface area contributed by atoms with Gasteiger partial charge in [-0.3, -0.25) is 9.59 Å². The van der Waals surface area contributed by atoms with Gasteiger partial charge in [-0.1, -0.05) is 17.7 Å². The number of primary amides is 2. The molecule has 1 aromatic carbocycles. The summed E-state index contributed by atoms with van der Waals surface area (Å²) in [6, 6.07) is 5.06. The molecule has 1 rings (SSSR count). The predicted octanol–water partition coefficient (Wildman–Crippen LogP) is -0.507. The topological polar surface area (TPSA) is 147 Å². The van der Waals surface area contributed by atoms with E-state index in [2.05, 4.69) is 0 Å². The number of carbonyl (C=O) groups excluding carboxylic acids is 2. The van der Waals surface area contributed by atoms with Crippen molar-refractivity contribution in [3.05, 3.63) is 29.3 Å². The highest BCUT2D eigenvalue weighted by Gasteiger charge is 2.29. The van der Waals surface area contributed by atoms with Crippen LogP contribution in [-0.2, 0) is 9.59 Å². The zero-order chi connectivity index (χ0) is 16.0. The van der Waals surface area contributed by atoms with Crippen molar-refractivity contribution < 1.29 is 14.3 Å². The molecule has 0 aromatic heterocycles. The maximum Gasteiger partial charge on any atom is 0.219 e. The molecular formula is C13H19ClN4O3. The van der Waals surface area contributed by atoms with Crippen LogP contribution >= 0.6 is 11.6 Å². The summed E-state index contributed by atoms with van der Waals surface area (Å²) in [6.07, 6.45) is -1.06. The predicted molar refractivity (Wildman–Crippen MR) is 79.4 cm³/mol. The molecule has 7 nitrogen and oxygen atoms in total. The van der Waals surface area contributed by atoms with Crippen molar-refractivity contribution in [2.75, 3.05) is 0 Å². The van der Waals surface area contributed by atoms with Crippen LogP contribution in [0.4, 0.5) is 0 Å². The quantitative estimate of drug-likeness (QED) is 0.510. The zero-order valence-electron chi connectivity index (χ0n) is 11.4. The Bertz CT molecular complexity index is 490. The Labute approximate surface area is 127 Å². The van der Waals surface area contributed by atoms with Crippen LogP contribution in [0.1, 0.15) is 12.8 Å². The first-order valence-electron chi connectivity index (χ1n) is 6.29. The van der Waals surface area contributed by atoms with E-state index in [1.54, 1.807) is 24.3 Å². The molecule has 0 saturated heterocycles. The second-order valence-corrected chi connectivity index (χ2v) is 5.14. The van der Waals surface area contributed by atoms with E-state index in [-0.39, 0.29) is 12.8 Å². The summed E-state index contributed by atoms with van der Waals surface area (Å²) in [7, 11) is 0. The number of amides is 2. The van der Waals surface area contributed by atoms with E-state index in [1.165, 1.54) is 0 Å². The molecule has 0 aliphatic rings.